The lowest BCUT2D eigenvalue weighted by atomic mass is 9.92. The molecule has 254 valence electrons. The highest BCUT2D eigenvalue weighted by molar-refractivity contribution is 7.42. The molecule has 10 aromatic rings. The maximum absolute atomic E-state index is 7.02. The van der Waals surface area contributed by atoms with Gasteiger partial charge in [0.1, 0.15) is 31.5 Å². The van der Waals surface area contributed by atoms with Gasteiger partial charge in [0.05, 0.1) is 0 Å². The molecule has 10 rings (SSSR count). The summed E-state index contributed by atoms with van der Waals surface area (Å²) in [5, 5.41) is 12.0. The Kier molecular flexibility index (Phi) is 7.87. The summed E-state index contributed by atoms with van der Waals surface area (Å²) < 4.78 is 27.5. The molecular weight excluding hydrogens is 690 g/mol. The van der Waals surface area contributed by atoms with Crippen molar-refractivity contribution in [2.45, 2.75) is 6.92 Å². The average Bonchev–Trinajstić information content (AvgIpc) is 3.37. The third kappa shape index (κ3) is 5.60. The first-order valence-corrected chi connectivity index (χ1v) is 19.6. The molecule has 6 heteroatoms. The highest BCUT2D eigenvalue weighted by atomic mass is 31.1. The Morgan fingerprint density at radius 2 is 0.868 bits per heavy atom. The molecule has 53 heavy (non-hydrogen) atoms. The maximum atomic E-state index is 7.02. The lowest BCUT2D eigenvalue weighted by Gasteiger charge is -2.19. The summed E-state index contributed by atoms with van der Waals surface area (Å²) in [7, 11) is -1.83. The molecule has 0 radical (unpaired) electrons. The van der Waals surface area contributed by atoms with Crippen LogP contribution in [0.4, 0.5) is 0 Å². The maximum Gasteiger partial charge on any atom is 0.453 e. The molecule has 9 aromatic carbocycles. The van der Waals surface area contributed by atoms with Crippen LogP contribution >= 0.6 is 17.0 Å². The van der Waals surface area contributed by atoms with Gasteiger partial charge in [-0.25, -0.2) is 0 Å². The largest absolute Gasteiger partial charge is 0.472 e. The number of rotatable bonds is 6. The number of aryl methyl sites for hydroxylation is 1. The third-order valence-corrected chi connectivity index (χ3v) is 12.1. The topological polar surface area (TPSA) is 44.7 Å². The van der Waals surface area contributed by atoms with Gasteiger partial charge in [0.2, 0.25) is 0 Å². The van der Waals surface area contributed by atoms with Gasteiger partial charge in [0.25, 0.3) is 0 Å². The van der Waals surface area contributed by atoms with Crippen molar-refractivity contribution in [3.05, 3.63) is 175 Å². The Hall–Kier alpha value is -6.05. The minimum atomic E-state index is -1.96. The fourth-order valence-corrected chi connectivity index (χ4v) is 9.29. The second-order valence-electron chi connectivity index (χ2n) is 13.2. The zero-order valence-electron chi connectivity index (χ0n) is 28.7. The van der Waals surface area contributed by atoms with Crippen molar-refractivity contribution in [1.82, 2.24) is 0 Å². The van der Waals surface area contributed by atoms with Crippen LogP contribution in [-0.4, -0.2) is 0 Å². The van der Waals surface area contributed by atoms with E-state index < -0.39 is 8.24 Å². The molecular formula is C47H32O4P2. The van der Waals surface area contributed by atoms with E-state index in [1.165, 1.54) is 10.9 Å². The van der Waals surface area contributed by atoms with Gasteiger partial charge in [-0.05, 0) is 79.8 Å². The van der Waals surface area contributed by atoms with E-state index in [0.29, 0.717) is 5.75 Å². The highest BCUT2D eigenvalue weighted by Crippen LogP contribution is 2.50. The van der Waals surface area contributed by atoms with Crippen molar-refractivity contribution in [1.29, 1.82) is 0 Å². The summed E-state index contributed by atoms with van der Waals surface area (Å²) in [6.45, 7) is 2.13. The number of fused-ring (bicyclic) bond motifs is 9. The van der Waals surface area contributed by atoms with Crippen molar-refractivity contribution in [3.8, 4) is 22.6 Å². The summed E-state index contributed by atoms with van der Waals surface area (Å²) in [5.74, 6) is 1.44. The molecule has 0 saturated carbocycles. The van der Waals surface area contributed by atoms with Crippen molar-refractivity contribution in [2.24, 2.45) is 0 Å². The van der Waals surface area contributed by atoms with Crippen molar-refractivity contribution < 1.29 is 17.4 Å². The van der Waals surface area contributed by atoms with E-state index in [4.69, 9.17) is 17.4 Å². The Morgan fingerprint density at radius 3 is 1.43 bits per heavy atom. The fraction of sp³-hybridized carbons (Fsp3) is 0.0213. The second kappa shape index (κ2) is 13.2. The van der Waals surface area contributed by atoms with Gasteiger partial charge in [0, 0.05) is 27.2 Å². The zero-order chi connectivity index (χ0) is 35.3. The Balaban J connectivity index is 1.23. The molecule has 1 atom stereocenters. The fourth-order valence-electron chi connectivity index (χ4n) is 7.45. The molecule has 0 amide bonds. The predicted octanol–water partition coefficient (Wildman–Crippen LogP) is 14.0. The van der Waals surface area contributed by atoms with Crippen LogP contribution in [0.15, 0.2) is 178 Å². The standard InChI is InChI=1S/C47H32O4P2/c1-30-12-2-11-21-43(30)52-48-39-26-22-31-13-3-7-17-35(31)44(39)45-36-18-8-4-14-32(36)23-27-40(45)49-53-50-41-28-24-33-15-5-9-19-37(33)46(41)47-38-20-10-6-16-34(38)25-29-42(47)51-53/h2-29,52H,1H3. The SMILES string of the molecule is Cc1ccccc1POc1ccc2ccccc2c1-c1c(Op2oc3ccc4ccccc4c3c3c(ccc4ccccc43)o2)ccc2ccccc12. The molecule has 0 bridgehead atoms. The van der Waals surface area contributed by atoms with Crippen molar-refractivity contribution >= 4 is 87.4 Å². The molecule has 1 aromatic heterocycles. The van der Waals surface area contributed by atoms with E-state index >= 15 is 0 Å². The molecule has 0 fully saturated rings. The average molecular weight is 723 g/mol. The van der Waals surface area contributed by atoms with Crippen LogP contribution in [0, 0.1) is 6.92 Å². The Bertz CT molecular complexity index is 2980. The minimum Gasteiger partial charge on any atom is -0.472 e. The first kappa shape index (κ1) is 31.7. The molecule has 0 saturated heterocycles. The van der Waals surface area contributed by atoms with Gasteiger partial charge in [-0.15, -0.1) is 0 Å². The lowest BCUT2D eigenvalue weighted by Crippen LogP contribution is -2.01. The van der Waals surface area contributed by atoms with E-state index in [9.17, 15) is 0 Å². The lowest BCUT2D eigenvalue weighted by molar-refractivity contribution is 0.499. The van der Waals surface area contributed by atoms with Gasteiger partial charge in [-0.1, -0.05) is 146 Å². The highest BCUT2D eigenvalue weighted by Gasteiger charge is 2.22. The summed E-state index contributed by atoms with van der Waals surface area (Å²) in [5.41, 5.74) is 4.55. The van der Waals surface area contributed by atoms with Crippen LogP contribution in [0.2, 0.25) is 0 Å². The smallest absolute Gasteiger partial charge is 0.453 e. The van der Waals surface area contributed by atoms with Crippen LogP contribution in [0.1, 0.15) is 5.56 Å². The second-order valence-corrected chi connectivity index (χ2v) is 15.1. The molecule has 4 nitrogen and oxygen atoms in total. The number of hydrogen-bond acceptors (Lipinski definition) is 4. The van der Waals surface area contributed by atoms with Gasteiger partial charge in [-0.2, -0.15) is 0 Å². The van der Waals surface area contributed by atoms with Crippen LogP contribution < -0.4 is 14.4 Å². The monoisotopic (exact) mass is 722 g/mol. The van der Waals surface area contributed by atoms with E-state index in [2.05, 4.69) is 159 Å². The van der Waals surface area contributed by atoms with Gasteiger partial charge >= 0.3 is 8.24 Å². The predicted molar refractivity (Wildman–Crippen MR) is 224 cm³/mol. The normalized spacial score (nSPS) is 11.8. The quantitative estimate of drug-likeness (QED) is 0.160. The van der Waals surface area contributed by atoms with Crippen LogP contribution in [-0.2, 0) is 0 Å². The van der Waals surface area contributed by atoms with E-state index in [-0.39, 0.29) is 8.81 Å². The zero-order valence-corrected chi connectivity index (χ0v) is 30.6. The Morgan fingerprint density at radius 1 is 0.434 bits per heavy atom. The van der Waals surface area contributed by atoms with Crippen molar-refractivity contribution in [3.63, 3.8) is 0 Å². The van der Waals surface area contributed by atoms with E-state index in [1.54, 1.807) is 0 Å². The molecule has 0 aliphatic carbocycles. The number of benzene rings is 9. The molecule has 0 N–H and O–H groups in total. The molecule has 0 aliphatic heterocycles. The summed E-state index contributed by atoms with van der Waals surface area (Å²) in [6, 6.07) is 58.8. The molecule has 1 unspecified atom stereocenters. The molecule has 1 heterocycles. The first-order chi connectivity index (χ1) is 26.2. The summed E-state index contributed by atoms with van der Waals surface area (Å²) in [4.78, 5) is 0. The van der Waals surface area contributed by atoms with Crippen LogP contribution in [0.5, 0.6) is 11.5 Å². The van der Waals surface area contributed by atoms with E-state index in [1.807, 2.05) is 18.2 Å². The van der Waals surface area contributed by atoms with E-state index in [0.717, 1.165) is 81.9 Å². The van der Waals surface area contributed by atoms with Crippen LogP contribution in [0.25, 0.3) is 76.2 Å². The van der Waals surface area contributed by atoms with Gasteiger partial charge < -0.3 is 17.4 Å². The third-order valence-electron chi connectivity index (χ3n) is 10.00. The first-order valence-electron chi connectivity index (χ1n) is 17.6. The van der Waals surface area contributed by atoms with Crippen molar-refractivity contribution in [2.75, 3.05) is 0 Å². The summed E-state index contributed by atoms with van der Waals surface area (Å²) in [6.07, 6.45) is 0. The minimum absolute atomic E-state index is 0.128. The van der Waals surface area contributed by atoms with Gasteiger partial charge in [0.15, 0.2) is 0 Å². The number of hydrogen-bond donors (Lipinski definition) is 0. The van der Waals surface area contributed by atoms with Gasteiger partial charge in [-0.3, -0.25) is 0 Å². The molecule has 0 aliphatic rings. The summed E-state index contributed by atoms with van der Waals surface area (Å²) >= 11 is 0. The van der Waals surface area contributed by atoms with Crippen LogP contribution in [0.3, 0.4) is 0 Å². The molecule has 0 spiro atoms. The Labute approximate surface area is 308 Å².